The fourth-order valence-corrected chi connectivity index (χ4v) is 2.96. The monoisotopic (exact) mass is 363 g/mol. The van der Waals surface area contributed by atoms with E-state index in [0.29, 0.717) is 22.2 Å². The van der Waals surface area contributed by atoms with Crippen LogP contribution in [0.2, 0.25) is 0 Å². The van der Waals surface area contributed by atoms with Crippen LogP contribution >= 0.6 is 0 Å². The molecule has 3 rings (SSSR count). The minimum absolute atomic E-state index is 0.336. The van der Waals surface area contributed by atoms with Gasteiger partial charge in [-0.2, -0.15) is 0 Å². The average Bonchev–Trinajstić information content (AvgIpc) is 2.62. The lowest BCUT2D eigenvalue weighted by molar-refractivity contribution is -0.245. The van der Waals surface area contributed by atoms with Crippen molar-refractivity contribution in [3.63, 3.8) is 0 Å². The summed E-state index contributed by atoms with van der Waals surface area (Å²) in [4.78, 5) is 11.9. The zero-order chi connectivity index (χ0) is 18.8. The summed E-state index contributed by atoms with van der Waals surface area (Å²) in [5, 5.41) is 42.8. The Hall–Kier alpha value is -2.23. The van der Waals surface area contributed by atoms with Gasteiger partial charge in [0.25, 0.3) is 0 Å². The molecule has 0 amide bonds. The van der Waals surface area contributed by atoms with Gasteiger partial charge in [0.1, 0.15) is 29.9 Å². The number of anilines is 1. The Labute approximate surface area is 149 Å². The van der Waals surface area contributed by atoms with Gasteiger partial charge in [-0.3, -0.25) is 0 Å². The van der Waals surface area contributed by atoms with Gasteiger partial charge in [-0.25, -0.2) is 4.79 Å². The number of aliphatic hydroxyl groups is 4. The minimum atomic E-state index is -1.44. The van der Waals surface area contributed by atoms with Crippen molar-refractivity contribution in [2.45, 2.75) is 37.6 Å². The molecule has 140 valence electrons. The van der Waals surface area contributed by atoms with Crippen LogP contribution in [0, 0.1) is 0 Å². The van der Waals surface area contributed by atoms with Crippen LogP contribution < -0.4 is 10.9 Å². The molecule has 0 bridgehead atoms. The van der Waals surface area contributed by atoms with Crippen LogP contribution in [-0.2, 0) is 4.74 Å². The molecule has 1 aliphatic heterocycles. The zero-order valence-corrected chi connectivity index (χ0v) is 14.1. The van der Waals surface area contributed by atoms with Crippen LogP contribution in [0.1, 0.15) is 12.5 Å². The van der Waals surface area contributed by atoms with Crippen molar-refractivity contribution in [2.75, 3.05) is 11.9 Å². The molecular weight excluding hydrogens is 342 g/mol. The largest absolute Gasteiger partial charge is 0.422 e. The standard InChI is InChI=1S/C18H21NO7/c1-2-3-10-6-9-4-5-11(7-12(9)25-17(10)23)19-14-16(22)15(21)13(8-20)26-18(14)24/h2-7,13-16,18-22,24H,8H2,1H3/b3-2+/t13?,14?,15-,16-,18-/m1/s1. The highest BCUT2D eigenvalue weighted by atomic mass is 16.6. The van der Waals surface area contributed by atoms with Crippen molar-refractivity contribution in [1.29, 1.82) is 0 Å². The molecule has 26 heavy (non-hydrogen) atoms. The number of aliphatic hydroxyl groups excluding tert-OH is 4. The molecule has 0 radical (unpaired) electrons. The van der Waals surface area contributed by atoms with E-state index in [-0.39, 0.29) is 0 Å². The smallest absolute Gasteiger partial charge is 0.343 e. The first-order valence-corrected chi connectivity index (χ1v) is 8.22. The molecule has 1 aromatic carbocycles. The number of benzene rings is 1. The molecule has 0 aliphatic carbocycles. The van der Waals surface area contributed by atoms with Gasteiger partial charge in [-0.1, -0.05) is 12.2 Å². The maximum Gasteiger partial charge on any atom is 0.343 e. The van der Waals surface area contributed by atoms with Crippen LogP contribution in [0.3, 0.4) is 0 Å². The van der Waals surface area contributed by atoms with Crippen molar-refractivity contribution < 1.29 is 29.6 Å². The molecule has 1 fully saturated rings. The molecule has 8 heteroatoms. The number of nitrogens with one attached hydrogen (secondary N) is 1. The third-order valence-electron chi connectivity index (χ3n) is 4.34. The summed E-state index contributed by atoms with van der Waals surface area (Å²) in [5.41, 5.74) is 0.754. The fraction of sp³-hybridized carbons (Fsp3) is 0.389. The maximum atomic E-state index is 11.9. The van der Waals surface area contributed by atoms with Crippen molar-refractivity contribution in [3.8, 4) is 0 Å². The quantitative estimate of drug-likeness (QED) is 0.481. The summed E-state index contributed by atoms with van der Waals surface area (Å²) in [6.45, 7) is 1.27. The number of ether oxygens (including phenoxy) is 1. The van der Waals surface area contributed by atoms with E-state index in [1.807, 2.05) is 0 Å². The van der Waals surface area contributed by atoms with Crippen molar-refractivity contribution in [3.05, 3.63) is 46.3 Å². The second-order valence-electron chi connectivity index (χ2n) is 6.14. The van der Waals surface area contributed by atoms with Gasteiger partial charge in [0.2, 0.25) is 0 Å². The Balaban J connectivity index is 1.87. The van der Waals surface area contributed by atoms with E-state index in [4.69, 9.17) is 14.3 Å². The molecule has 5 N–H and O–H groups in total. The average molecular weight is 363 g/mol. The lowest BCUT2D eigenvalue weighted by Gasteiger charge is -2.40. The van der Waals surface area contributed by atoms with E-state index in [9.17, 15) is 20.1 Å². The van der Waals surface area contributed by atoms with Crippen LogP contribution in [0.25, 0.3) is 17.0 Å². The molecule has 0 saturated carbocycles. The molecule has 2 heterocycles. The van der Waals surface area contributed by atoms with Gasteiger partial charge in [0.05, 0.1) is 12.2 Å². The first kappa shape index (κ1) is 18.6. The molecule has 0 spiro atoms. The molecule has 2 unspecified atom stereocenters. The van der Waals surface area contributed by atoms with E-state index >= 15 is 0 Å². The molecule has 1 aliphatic rings. The number of hydrogen-bond acceptors (Lipinski definition) is 8. The molecule has 1 saturated heterocycles. The highest BCUT2D eigenvalue weighted by molar-refractivity contribution is 5.82. The molecular formula is C18H21NO7. The summed E-state index contributed by atoms with van der Waals surface area (Å²) >= 11 is 0. The van der Waals surface area contributed by atoms with Crippen molar-refractivity contribution >= 4 is 22.7 Å². The molecule has 1 aromatic heterocycles. The Morgan fingerprint density at radius 2 is 1.96 bits per heavy atom. The Kier molecular flexibility index (Phi) is 5.40. The second kappa shape index (κ2) is 7.56. The van der Waals surface area contributed by atoms with Crippen molar-refractivity contribution in [2.24, 2.45) is 0 Å². The van der Waals surface area contributed by atoms with Crippen molar-refractivity contribution in [1.82, 2.24) is 0 Å². The summed E-state index contributed by atoms with van der Waals surface area (Å²) in [6, 6.07) is 5.64. The molecule has 2 aromatic rings. The lowest BCUT2D eigenvalue weighted by atomic mass is 9.97. The van der Waals surface area contributed by atoms with Gasteiger partial charge in [0.15, 0.2) is 6.29 Å². The van der Waals surface area contributed by atoms with Crippen LogP contribution in [0.4, 0.5) is 5.69 Å². The summed E-state index contributed by atoms with van der Waals surface area (Å²) < 4.78 is 10.4. The van der Waals surface area contributed by atoms with E-state index < -0.39 is 42.9 Å². The summed E-state index contributed by atoms with van der Waals surface area (Å²) in [6.07, 6.45) is -1.84. The predicted molar refractivity (Wildman–Crippen MR) is 94.6 cm³/mol. The SMILES string of the molecule is C/C=C/c1cc2ccc(NC3[C@H](O)OC(CO)[C@@H](O)[C@@H]3O)cc2oc1=O. The fourth-order valence-electron chi connectivity index (χ4n) is 2.96. The Morgan fingerprint density at radius 3 is 2.65 bits per heavy atom. The lowest BCUT2D eigenvalue weighted by Crippen LogP contribution is -2.61. The third-order valence-corrected chi connectivity index (χ3v) is 4.34. The normalized spacial score (nSPS) is 29.3. The van der Waals surface area contributed by atoms with E-state index in [1.165, 1.54) is 0 Å². The van der Waals surface area contributed by atoms with Crippen LogP contribution in [-0.4, -0.2) is 57.7 Å². The number of fused-ring (bicyclic) bond motifs is 1. The number of rotatable bonds is 4. The van der Waals surface area contributed by atoms with Gasteiger partial charge in [0, 0.05) is 17.1 Å². The Bertz CT molecular complexity index is 862. The van der Waals surface area contributed by atoms with Crippen LogP contribution in [0.15, 0.2) is 39.6 Å². The van der Waals surface area contributed by atoms with Gasteiger partial charge >= 0.3 is 5.63 Å². The van der Waals surface area contributed by atoms with Gasteiger partial charge < -0.3 is 34.9 Å². The zero-order valence-electron chi connectivity index (χ0n) is 14.1. The highest BCUT2D eigenvalue weighted by Crippen LogP contribution is 2.25. The molecule has 8 nitrogen and oxygen atoms in total. The first-order chi connectivity index (χ1) is 12.4. The Morgan fingerprint density at radius 1 is 1.19 bits per heavy atom. The topological polar surface area (TPSA) is 132 Å². The predicted octanol–water partition coefficient (Wildman–Crippen LogP) is 0.0379. The van der Waals surface area contributed by atoms with Crippen LogP contribution in [0.5, 0.6) is 0 Å². The highest BCUT2D eigenvalue weighted by Gasteiger charge is 2.43. The first-order valence-electron chi connectivity index (χ1n) is 8.22. The third kappa shape index (κ3) is 3.50. The van der Waals surface area contributed by atoms with E-state index in [0.717, 1.165) is 0 Å². The van der Waals surface area contributed by atoms with E-state index in [1.54, 1.807) is 43.3 Å². The number of hydrogen-bond donors (Lipinski definition) is 5. The maximum absolute atomic E-state index is 11.9. The minimum Gasteiger partial charge on any atom is -0.422 e. The number of allylic oxidation sites excluding steroid dienone is 1. The van der Waals surface area contributed by atoms with Gasteiger partial charge in [-0.05, 0) is 25.1 Å². The van der Waals surface area contributed by atoms with Gasteiger partial charge in [-0.15, -0.1) is 0 Å². The van der Waals surface area contributed by atoms with E-state index in [2.05, 4.69) is 5.32 Å². The summed E-state index contributed by atoms with van der Waals surface area (Å²) in [7, 11) is 0. The second-order valence-corrected chi connectivity index (χ2v) is 6.14. The summed E-state index contributed by atoms with van der Waals surface area (Å²) in [5.74, 6) is 0. The molecule has 5 atom stereocenters.